The summed E-state index contributed by atoms with van der Waals surface area (Å²) in [7, 11) is -2.45. The molecule has 0 radical (unpaired) electrons. The number of piperidine rings is 1. The van der Waals surface area contributed by atoms with E-state index in [4.69, 9.17) is 4.74 Å². The Balaban J connectivity index is 1.18. The molecule has 5 rings (SSSR count). The number of hydrogen-bond donors (Lipinski definition) is 1. The summed E-state index contributed by atoms with van der Waals surface area (Å²) < 4.78 is 67.8. The highest BCUT2D eigenvalue weighted by atomic mass is 32.2. The van der Waals surface area contributed by atoms with Gasteiger partial charge in [0.1, 0.15) is 22.6 Å². The minimum absolute atomic E-state index is 0.0265. The third-order valence-electron chi connectivity index (χ3n) is 7.35. The molecule has 0 bridgehead atoms. The van der Waals surface area contributed by atoms with E-state index in [0.29, 0.717) is 19.0 Å². The minimum atomic E-state index is -4.10. The number of likely N-dealkylation sites (tertiary alicyclic amines) is 1. The second-order valence-corrected chi connectivity index (χ2v) is 10.6. The molecule has 1 aliphatic carbocycles. The smallest absolute Gasteiger partial charge is 0.395 e. The van der Waals surface area contributed by atoms with Gasteiger partial charge in [0.25, 0.3) is 0 Å². The molecule has 0 N–H and O–H groups in total. The molecule has 178 valence electrons. The predicted octanol–water partition coefficient (Wildman–Crippen LogP) is 4.22. The van der Waals surface area contributed by atoms with E-state index in [1.54, 1.807) is 18.3 Å². The largest absolute Gasteiger partial charge is 0.488 e. The van der Waals surface area contributed by atoms with E-state index in [0.717, 1.165) is 47.4 Å². The molecule has 1 aromatic heterocycles. The van der Waals surface area contributed by atoms with Gasteiger partial charge in [-0.3, -0.25) is 4.98 Å². The molecule has 3 heterocycles. The van der Waals surface area contributed by atoms with Crippen molar-refractivity contribution >= 4 is 10.7 Å². The van der Waals surface area contributed by atoms with Gasteiger partial charge in [-0.05, 0) is 56.3 Å². The van der Waals surface area contributed by atoms with Crippen LogP contribution in [0.25, 0.3) is 11.3 Å². The van der Waals surface area contributed by atoms with Gasteiger partial charge in [0.15, 0.2) is 0 Å². The van der Waals surface area contributed by atoms with Crippen LogP contribution in [0.15, 0.2) is 36.5 Å². The van der Waals surface area contributed by atoms with Crippen LogP contribution in [0.2, 0.25) is 0 Å². The molecule has 33 heavy (non-hydrogen) atoms. The van der Waals surface area contributed by atoms with Crippen molar-refractivity contribution in [1.29, 1.82) is 0 Å². The number of ether oxygens (including phenoxy) is 1. The van der Waals surface area contributed by atoms with E-state index >= 15 is 0 Å². The van der Waals surface area contributed by atoms with Gasteiger partial charge in [0, 0.05) is 24.1 Å². The third kappa shape index (κ3) is 4.75. The van der Waals surface area contributed by atoms with Gasteiger partial charge in [-0.15, -0.1) is 0 Å². The van der Waals surface area contributed by atoms with Crippen molar-refractivity contribution in [2.45, 2.75) is 50.1 Å². The van der Waals surface area contributed by atoms with Crippen molar-refractivity contribution in [1.82, 2.24) is 9.88 Å². The summed E-state index contributed by atoms with van der Waals surface area (Å²) in [5, 5.41) is 0. The van der Waals surface area contributed by atoms with E-state index in [-0.39, 0.29) is 31.2 Å². The first kappa shape index (κ1) is 22.7. The number of benzene rings is 1. The van der Waals surface area contributed by atoms with Crippen LogP contribution in [0.3, 0.4) is 0 Å². The van der Waals surface area contributed by atoms with E-state index in [9.17, 15) is 21.6 Å². The van der Waals surface area contributed by atoms with Gasteiger partial charge in [-0.2, -0.15) is 13.2 Å². The number of fused-ring (bicyclic) bond motifs is 1. The number of rotatable bonds is 6. The first-order valence-electron chi connectivity index (χ1n) is 11.4. The van der Waals surface area contributed by atoms with Gasteiger partial charge in [-0.1, -0.05) is 24.3 Å². The van der Waals surface area contributed by atoms with Crippen LogP contribution in [0.5, 0.6) is 5.75 Å². The van der Waals surface area contributed by atoms with Crippen molar-refractivity contribution in [3.8, 4) is 17.0 Å². The molecule has 3 aliphatic rings. The summed E-state index contributed by atoms with van der Waals surface area (Å²) in [6, 6.07) is 9.37. The number of nitrogens with zero attached hydrogens (tertiary/aromatic N) is 2. The highest BCUT2D eigenvalue weighted by Crippen LogP contribution is 2.58. The number of thiol groups is 1. The van der Waals surface area contributed by atoms with Gasteiger partial charge >= 0.3 is 6.18 Å². The Morgan fingerprint density at radius 1 is 1.12 bits per heavy atom. The van der Waals surface area contributed by atoms with E-state index in [2.05, 4.69) is 4.98 Å². The third-order valence-corrected chi connectivity index (χ3v) is 7.97. The molecule has 5 nitrogen and oxygen atoms in total. The summed E-state index contributed by atoms with van der Waals surface area (Å²) in [6.45, 7) is 1.50. The summed E-state index contributed by atoms with van der Waals surface area (Å²) in [5.41, 5.74) is 2.10. The Bertz CT molecular complexity index is 1080. The molecule has 2 fully saturated rings. The first-order valence-corrected chi connectivity index (χ1v) is 12.7. The Morgan fingerprint density at radius 3 is 2.42 bits per heavy atom. The summed E-state index contributed by atoms with van der Waals surface area (Å²) in [6.07, 6.45) is 0.654. The van der Waals surface area contributed by atoms with Gasteiger partial charge in [-0.25, -0.2) is 8.42 Å². The number of hydrogen-bond acceptors (Lipinski definition) is 5. The molecule has 9 heteroatoms. The summed E-state index contributed by atoms with van der Waals surface area (Å²) in [4.78, 5) is 6.49. The maximum atomic E-state index is 13.3. The average Bonchev–Trinajstić information content (AvgIpc) is 3.44. The van der Waals surface area contributed by atoms with Crippen molar-refractivity contribution in [3.63, 3.8) is 0 Å². The topological polar surface area (TPSA) is 59.5 Å². The lowest BCUT2D eigenvalue weighted by Crippen LogP contribution is -2.44. The maximum Gasteiger partial charge on any atom is 0.395 e. The lowest BCUT2D eigenvalue weighted by Gasteiger charge is -2.36. The molecule has 1 unspecified atom stereocenters. The monoisotopic (exact) mass is 480 g/mol. The number of halogens is 3. The van der Waals surface area contributed by atoms with Crippen LogP contribution >= 0.6 is 0 Å². The van der Waals surface area contributed by atoms with Crippen LogP contribution in [-0.2, 0) is 22.9 Å². The van der Waals surface area contributed by atoms with E-state index < -0.39 is 22.3 Å². The molecule has 0 spiro atoms. The number of pyridine rings is 1. The van der Waals surface area contributed by atoms with Crippen LogP contribution in [-0.4, -0.2) is 50.2 Å². The Hall–Kier alpha value is -2.13. The lowest BCUT2D eigenvalue weighted by molar-refractivity contribution is -0.192. The average molecular weight is 481 g/mol. The van der Waals surface area contributed by atoms with Gasteiger partial charge in [0.2, 0.25) is 0 Å². The number of aromatic nitrogens is 1. The molecule has 1 aromatic carbocycles. The molecule has 1 atom stereocenters. The zero-order valence-electron chi connectivity index (χ0n) is 18.2. The van der Waals surface area contributed by atoms with Crippen molar-refractivity contribution in [2.24, 2.45) is 11.3 Å². The summed E-state index contributed by atoms with van der Waals surface area (Å²) >= 11 is 0. The summed E-state index contributed by atoms with van der Waals surface area (Å²) in [5.74, 6) is 1.13. The zero-order chi connectivity index (χ0) is 23.2. The van der Waals surface area contributed by atoms with Crippen molar-refractivity contribution in [2.75, 3.05) is 19.6 Å². The second kappa shape index (κ2) is 8.58. The molecule has 2 aromatic rings. The van der Waals surface area contributed by atoms with E-state index in [1.165, 1.54) is 0 Å². The highest BCUT2D eigenvalue weighted by Gasteiger charge is 2.63. The molecule has 0 amide bonds. The van der Waals surface area contributed by atoms with Crippen LogP contribution in [0.4, 0.5) is 13.2 Å². The van der Waals surface area contributed by atoms with Gasteiger partial charge in [0.05, 0.1) is 23.1 Å². The minimum Gasteiger partial charge on any atom is -0.488 e. The second-order valence-electron chi connectivity index (χ2n) is 9.62. The first-order chi connectivity index (χ1) is 15.7. The number of alkyl halides is 3. The van der Waals surface area contributed by atoms with Gasteiger partial charge < -0.3 is 9.64 Å². The standard InChI is InChI=1S/C24H27F3N2O3S/c25-24(26,27)23(7-8-23)15-29-9-5-18(6-10-29)21-12-19-11-20(28-13-22(19)32-21)17-3-1-16(2-4-17)14-33(30)31/h1-4,11,13,18,21,33H,5-10,12,14-15H2. The fourth-order valence-electron chi connectivity index (χ4n) is 5.12. The molecule has 1 saturated carbocycles. The quantitative estimate of drug-likeness (QED) is 0.628. The lowest BCUT2D eigenvalue weighted by atomic mass is 9.88. The Labute approximate surface area is 192 Å². The molecule has 2 aliphatic heterocycles. The van der Waals surface area contributed by atoms with Crippen molar-refractivity contribution in [3.05, 3.63) is 47.7 Å². The maximum absolute atomic E-state index is 13.3. The van der Waals surface area contributed by atoms with Crippen LogP contribution in [0.1, 0.15) is 36.8 Å². The van der Waals surface area contributed by atoms with E-state index in [1.807, 2.05) is 23.1 Å². The molecular formula is C24H27F3N2O3S. The predicted molar refractivity (Wildman–Crippen MR) is 119 cm³/mol. The molecular weight excluding hydrogens is 453 g/mol. The Morgan fingerprint density at radius 2 is 1.82 bits per heavy atom. The fourth-order valence-corrected chi connectivity index (χ4v) is 5.62. The van der Waals surface area contributed by atoms with Crippen LogP contribution in [0, 0.1) is 11.3 Å². The zero-order valence-corrected chi connectivity index (χ0v) is 19.1. The Kier molecular flexibility index (Phi) is 5.89. The molecule has 1 saturated heterocycles. The SMILES string of the molecule is O=[SH](=O)Cc1ccc(-c2cc3c(cn2)OC(C2CCN(CC4(C(F)(F)F)CC4)CC2)C3)cc1. The normalized spacial score (nSPS) is 22.8. The fraction of sp³-hybridized carbons (Fsp3) is 0.542. The van der Waals surface area contributed by atoms with Crippen LogP contribution < -0.4 is 4.74 Å². The van der Waals surface area contributed by atoms with Crippen molar-refractivity contribution < 1.29 is 26.3 Å². The highest BCUT2D eigenvalue weighted by molar-refractivity contribution is 7.71.